The fourth-order valence-electron chi connectivity index (χ4n) is 2.64. The molecule has 0 N–H and O–H groups in total. The van der Waals surface area contributed by atoms with Crippen LogP contribution >= 0.6 is 11.6 Å². The van der Waals surface area contributed by atoms with Gasteiger partial charge in [-0.05, 0) is 37.6 Å². The molecule has 3 aromatic rings. The van der Waals surface area contributed by atoms with E-state index in [1.807, 2.05) is 30.3 Å². The predicted molar refractivity (Wildman–Crippen MR) is 88.1 cm³/mol. The number of benzene rings is 2. The summed E-state index contributed by atoms with van der Waals surface area (Å²) in [6.45, 7) is 5.63. The lowest BCUT2D eigenvalue weighted by Crippen LogP contribution is -1.96. The van der Waals surface area contributed by atoms with E-state index in [1.165, 1.54) is 0 Å². The van der Waals surface area contributed by atoms with Crippen molar-refractivity contribution in [1.82, 2.24) is 4.57 Å². The van der Waals surface area contributed by atoms with Crippen molar-refractivity contribution in [2.75, 3.05) is 0 Å². The maximum absolute atomic E-state index is 6.38. The van der Waals surface area contributed by atoms with E-state index in [0.717, 1.165) is 39.3 Å². The first-order chi connectivity index (χ1) is 10.2. The number of halogens is 1. The predicted octanol–water partition coefficient (Wildman–Crippen LogP) is 5.20. The summed E-state index contributed by atoms with van der Waals surface area (Å²) in [6, 6.07) is 14.1. The molecule has 0 unspecified atom stereocenters. The van der Waals surface area contributed by atoms with Gasteiger partial charge in [-0.25, -0.2) is 0 Å². The summed E-state index contributed by atoms with van der Waals surface area (Å²) < 4.78 is 8.18. The van der Waals surface area contributed by atoms with Crippen LogP contribution in [-0.2, 0) is 13.2 Å². The Kier molecular flexibility index (Phi) is 3.89. The number of aromatic nitrogens is 1. The third-order valence-electron chi connectivity index (χ3n) is 3.75. The number of hydrogen-bond acceptors (Lipinski definition) is 1. The summed E-state index contributed by atoms with van der Waals surface area (Å²) in [5, 5.41) is 1.87. The lowest BCUT2D eigenvalue weighted by molar-refractivity contribution is 0.305. The lowest BCUT2D eigenvalue weighted by Gasteiger charge is -2.08. The van der Waals surface area contributed by atoms with Gasteiger partial charge in [0.25, 0.3) is 0 Å². The molecule has 0 fully saturated rings. The summed E-state index contributed by atoms with van der Waals surface area (Å²) in [4.78, 5) is 0. The molecule has 0 amide bonds. The zero-order chi connectivity index (χ0) is 14.8. The van der Waals surface area contributed by atoms with E-state index in [2.05, 4.69) is 36.7 Å². The number of fused-ring (bicyclic) bond motifs is 1. The Morgan fingerprint density at radius 1 is 1.10 bits per heavy atom. The van der Waals surface area contributed by atoms with E-state index in [-0.39, 0.29) is 0 Å². The van der Waals surface area contributed by atoms with Gasteiger partial charge in [0.15, 0.2) is 0 Å². The Labute approximate surface area is 129 Å². The highest BCUT2D eigenvalue weighted by atomic mass is 35.5. The Morgan fingerprint density at radius 3 is 2.67 bits per heavy atom. The van der Waals surface area contributed by atoms with Crippen molar-refractivity contribution in [3.8, 4) is 5.75 Å². The van der Waals surface area contributed by atoms with Gasteiger partial charge in [0, 0.05) is 29.2 Å². The smallest absolute Gasteiger partial charge is 0.122 e. The van der Waals surface area contributed by atoms with Crippen LogP contribution in [0.3, 0.4) is 0 Å². The van der Waals surface area contributed by atoms with E-state index in [4.69, 9.17) is 16.3 Å². The summed E-state index contributed by atoms with van der Waals surface area (Å²) >= 11 is 6.38. The van der Waals surface area contributed by atoms with E-state index in [1.54, 1.807) is 0 Å². The molecule has 21 heavy (non-hydrogen) atoms. The number of hydrogen-bond donors (Lipinski definition) is 0. The second-order valence-electron chi connectivity index (χ2n) is 5.13. The van der Waals surface area contributed by atoms with E-state index in [9.17, 15) is 0 Å². The molecule has 0 spiro atoms. The van der Waals surface area contributed by atoms with Crippen LogP contribution in [0.25, 0.3) is 10.9 Å². The highest BCUT2D eigenvalue weighted by Gasteiger charge is 2.11. The van der Waals surface area contributed by atoms with Crippen molar-refractivity contribution in [1.29, 1.82) is 0 Å². The van der Waals surface area contributed by atoms with Gasteiger partial charge < -0.3 is 9.30 Å². The molecule has 2 aromatic carbocycles. The van der Waals surface area contributed by atoms with Crippen molar-refractivity contribution in [2.45, 2.75) is 27.0 Å². The van der Waals surface area contributed by atoms with Gasteiger partial charge in [-0.1, -0.05) is 35.9 Å². The molecular formula is C18H18ClNO. The minimum Gasteiger partial charge on any atom is -0.489 e. The standard InChI is InChI=1S/C18H18ClNO/c1-3-20-11-14(18-15(19)8-6-9-16(18)20)12-21-17-10-5-4-7-13(17)2/h4-11H,3,12H2,1-2H3. The van der Waals surface area contributed by atoms with Crippen molar-refractivity contribution in [3.63, 3.8) is 0 Å². The van der Waals surface area contributed by atoms with E-state index in [0.29, 0.717) is 6.61 Å². The molecule has 0 saturated carbocycles. The minimum atomic E-state index is 0.526. The molecule has 0 aliphatic rings. The van der Waals surface area contributed by atoms with Gasteiger partial charge in [-0.2, -0.15) is 0 Å². The van der Waals surface area contributed by atoms with Gasteiger partial charge in [0.05, 0.1) is 5.02 Å². The molecule has 0 aliphatic carbocycles. The SMILES string of the molecule is CCn1cc(COc2ccccc2C)c2c(Cl)cccc21. The summed E-state index contributed by atoms with van der Waals surface area (Å²) in [5.74, 6) is 0.918. The summed E-state index contributed by atoms with van der Waals surface area (Å²) in [7, 11) is 0. The highest BCUT2D eigenvalue weighted by Crippen LogP contribution is 2.30. The normalized spacial score (nSPS) is 11.0. The third kappa shape index (κ3) is 2.64. The first-order valence-electron chi connectivity index (χ1n) is 7.15. The van der Waals surface area contributed by atoms with Gasteiger partial charge in [0.1, 0.15) is 12.4 Å². The van der Waals surface area contributed by atoms with Gasteiger partial charge >= 0.3 is 0 Å². The largest absolute Gasteiger partial charge is 0.489 e. The monoisotopic (exact) mass is 299 g/mol. The van der Waals surface area contributed by atoms with Crippen LogP contribution in [0.15, 0.2) is 48.7 Å². The molecule has 3 rings (SSSR count). The lowest BCUT2D eigenvalue weighted by atomic mass is 10.2. The Bertz CT molecular complexity index is 776. The highest BCUT2D eigenvalue weighted by molar-refractivity contribution is 6.35. The topological polar surface area (TPSA) is 14.2 Å². The minimum absolute atomic E-state index is 0.526. The fraction of sp³-hybridized carbons (Fsp3) is 0.222. The third-order valence-corrected chi connectivity index (χ3v) is 4.07. The van der Waals surface area contributed by atoms with Gasteiger partial charge in [0.2, 0.25) is 0 Å². The van der Waals surface area contributed by atoms with E-state index < -0.39 is 0 Å². The number of nitrogens with zero attached hydrogens (tertiary/aromatic N) is 1. The quantitative estimate of drug-likeness (QED) is 0.645. The van der Waals surface area contributed by atoms with Crippen LogP contribution in [0.4, 0.5) is 0 Å². The van der Waals surface area contributed by atoms with Crippen LogP contribution in [-0.4, -0.2) is 4.57 Å². The molecule has 3 heteroatoms. The molecular weight excluding hydrogens is 282 g/mol. The van der Waals surface area contributed by atoms with Crippen LogP contribution < -0.4 is 4.74 Å². The average Bonchev–Trinajstić information content (AvgIpc) is 2.86. The molecule has 2 nitrogen and oxygen atoms in total. The maximum atomic E-state index is 6.38. The number of rotatable bonds is 4. The molecule has 0 saturated heterocycles. The first-order valence-corrected chi connectivity index (χ1v) is 7.53. The summed E-state index contributed by atoms with van der Waals surface area (Å²) in [5.41, 5.74) is 3.43. The zero-order valence-corrected chi connectivity index (χ0v) is 13.0. The molecule has 0 bridgehead atoms. The number of para-hydroxylation sites is 1. The fourth-order valence-corrected chi connectivity index (χ4v) is 2.93. The number of aryl methyl sites for hydroxylation is 2. The van der Waals surface area contributed by atoms with Crippen LogP contribution in [0, 0.1) is 6.92 Å². The zero-order valence-electron chi connectivity index (χ0n) is 12.3. The Morgan fingerprint density at radius 2 is 1.90 bits per heavy atom. The second-order valence-corrected chi connectivity index (χ2v) is 5.54. The van der Waals surface area contributed by atoms with Crippen LogP contribution in [0.1, 0.15) is 18.1 Å². The van der Waals surface area contributed by atoms with Crippen LogP contribution in [0.2, 0.25) is 5.02 Å². The molecule has 0 radical (unpaired) electrons. The van der Waals surface area contributed by atoms with Crippen molar-refractivity contribution in [3.05, 3.63) is 64.8 Å². The Hall–Kier alpha value is -1.93. The van der Waals surface area contributed by atoms with E-state index >= 15 is 0 Å². The summed E-state index contributed by atoms with van der Waals surface area (Å²) in [6.07, 6.45) is 2.13. The molecule has 1 heterocycles. The van der Waals surface area contributed by atoms with Gasteiger partial charge in [-0.15, -0.1) is 0 Å². The molecule has 0 atom stereocenters. The number of ether oxygens (including phenoxy) is 1. The maximum Gasteiger partial charge on any atom is 0.122 e. The molecule has 108 valence electrons. The van der Waals surface area contributed by atoms with Crippen molar-refractivity contribution in [2.24, 2.45) is 0 Å². The van der Waals surface area contributed by atoms with Gasteiger partial charge in [-0.3, -0.25) is 0 Å². The van der Waals surface area contributed by atoms with Crippen molar-refractivity contribution >= 4 is 22.5 Å². The Balaban J connectivity index is 1.96. The van der Waals surface area contributed by atoms with Crippen LogP contribution in [0.5, 0.6) is 5.75 Å². The first kappa shape index (κ1) is 14.0. The second kappa shape index (κ2) is 5.82. The van der Waals surface area contributed by atoms with Crippen molar-refractivity contribution < 1.29 is 4.74 Å². The average molecular weight is 300 g/mol. The molecule has 1 aromatic heterocycles. The molecule has 0 aliphatic heterocycles.